The van der Waals surface area contributed by atoms with Gasteiger partial charge in [-0.2, -0.15) is 0 Å². The van der Waals surface area contributed by atoms with Gasteiger partial charge in [0.2, 0.25) is 0 Å². The molecule has 4 aromatic rings. The summed E-state index contributed by atoms with van der Waals surface area (Å²) in [6, 6.07) is 8.16. The average molecular weight is 542 g/mol. The summed E-state index contributed by atoms with van der Waals surface area (Å²) in [6.07, 6.45) is 5.64. The van der Waals surface area contributed by atoms with Gasteiger partial charge in [0.1, 0.15) is 22.2 Å². The SMILES string of the molecule is Cc1nc2c(-c3ccc(Cl)cc3F)nc(C3=CC(c4ccnc(Br)c4)OCC3)cn2c(=O)c1C. The number of fused-ring (bicyclic) bond motifs is 1. The quantitative estimate of drug-likeness (QED) is 0.304. The van der Waals surface area contributed by atoms with Crippen molar-refractivity contribution in [1.29, 1.82) is 0 Å². The number of ether oxygens (including phenoxy) is 1. The summed E-state index contributed by atoms with van der Waals surface area (Å²) in [7, 11) is 0. The summed E-state index contributed by atoms with van der Waals surface area (Å²) < 4.78 is 23.1. The maximum atomic E-state index is 15.0. The van der Waals surface area contributed by atoms with Crippen LogP contribution in [-0.2, 0) is 4.74 Å². The molecule has 5 rings (SSSR count). The summed E-state index contributed by atoms with van der Waals surface area (Å²) >= 11 is 9.36. The standard InChI is InChI=1S/C25H19BrClFN4O2/c1-13-14(2)30-24-23(18-4-3-17(27)11-19(18)28)31-20(12-32(24)25(13)33)15-6-8-34-21(9-15)16-5-7-29-22(26)10-16/h3-5,7,9-12,21H,6,8H2,1-2H3. The van der Waals surface area contributed by atoms with Gasteiger partial charge >= 0.3 is 0 Å². The summed E-state index contributed by atoms with van der Waals surface area (Å²) in [4.78, 5) is 26.7. The van der Waals surface area contributed by atoms with Gasteiger partial charge in [0, 0.05) is 34.2 Å². The largest absolute Gasteiger partial charge is 0.369 e. The molecule has 0 radical (unpaired) electrons. The normalized spacial score (nSPS) is 16.0. The van der Waals surface area contributed by atoms with E-state index in [9.17, 15) is 9.18 Å². The zero-order valence-corrected chi connectivity index (χ0v) is 20.7. The van der Waals surface area contributed by atoms with Crippen LogP contribution in [0.4, 0.5) is 4.39 Å². The number of halogens is 3. The van der Waals surface area contributed by atoms with Gasteiger partial charge in [0.15, 0.2) is 5.65 Å². The predicted molar refractivity (Wildman–Crippen MR) is 132 cm³/mol. The van der Waals surface area contributed by atoms with Crippen molar-refractivity contribution in [3.63, 3.8) is 0 Å². The first-order chi connectivity index (χ1) is 16.3. The smallest absolute Gasteiger partial charge is 0.261 e. The van der Waals surface area contributed by atoms with Crippen molar-refractivity contribution < 1.29 is 9.13 Å². The Bertz CT molecular complexity index is 1540. The van der Waals surface area contributed by atoms with Crippen LogP contribution in [0.25, 0.3) is 22.5 Å². The van der Waals surface area contributed by atoms with Crippen molar-refractivity contribution in [2.45, 2.75) is 26.4 Å². The molecule has 1 aromatic carbocycles. The second-order valence-corrected chi connectivity index (χ2v) is 9.31. The van der Waals surface area contributed by atoms with Crippen molar-refractivity contribution in [3.8, 4) is 11.3 Å². The lowest BCUT2D eigenvalue weighted by Crippen LogP contribution is -2.21. The molecule has 0 N–H and O–H groups in total. The molecular weight excluding hydrogens is 523 g/mol. The lowest BCUT2D eigenvalue weighted by molar-refractivity contribution is 0.0825. The van der Waals surface area contributed by atoms with Gasteiger partial charge in [-0.15, -0.1) is 0 Å². The van der Waals surface area contributed by atoms with Crippen LogP contribution in [0.15, 0.2) is 58.2 Å². The zero-order valence-electron chi connectivity index (χ0n) is 18.3. The van der Waals surface area contributed by atoms with E-state index < -0.39 is 5.82 Å². The highest BCUT2D eigenvalue weighted by Gasteiger charge is 2.22. The Balaban J connectivity index is 1.74. The van der Waals surface area contributed by atoms with Crippen molar-refractivity contribution in [2.24, 2.45) is 0 Å². The lowest BCUT2D eigenvalue weighted by atomic mass is 10.0. The first kappa shape index (κ1) is 22.8. The van der Waals surface area contributed by atoms with Crippen molar-refractivity contribution in [1.82, 2.24) is 19.4 Å². The van der Waals surface area contributed by atoms with Crippen molar-refractivity contribution in [2.75, 3.05) is 6.61 Å². The van der Waals surface area contributed by atoms with E-state index in [1.54, 1.807) is 38.4 Å². The van der Waals surface area contributed by atoms with Crippen LogP contribution >= 0.6 is 27.5 Å². The van der Waals surface area contributed by atoms with E-state index in [0.29, 0.717) is 40.2 Å². The molecule has 0 bridgehead atoms. The molecule has 1 atom stereocenters. The third kappa shape index (κ3) is 4.17. The minimum absolute atomic E-state index is 0.218. The molecule has 34 heavy (non-hydrogen) atoms. The number of rotatable bonds is 3. The Labute approximate surface area is 208 Å². The molecule has 9 heteroatoms. The molecule has 0 spiro atoms. The van der Waals surface area contributed by atoms with E-state index in [0.717, 1.165) is 11.1 Å². The monoisotopic (exact) mass is 540 g/mol. The number of aryl methyl sites for hydroxylation is 1. The number of pyridine rings is 1. The van der Waals surface area contributed by atoms with Crippen LogP contribution < -0.4 is 5.56 Å². The molecule has 6 nitrogen and oxygen atoms in total. The van der Waals surface area contributed by atoms with E-state index in [1.807, 2.05) is 18.2 Å². The number of nitrogens with zero attached hydrogens (tertiary/aromatic N) is 4. The third-order valence-corrected chi connectivity index (χ3v) is 6.56. The number of hydrogen-bond donors (Lipinski definition) is 0. The van der Waals surface area contributed by atoms with Crippen molar-refractivity contribution >= 4 is 38.8 Å². The molecule has 0 aliphatic carbocycles. The maximum Gasteiger partial charge on any atom is 0.261 e. The van der Waals surface area contributed by atoms with E-state index in [4.69, 9.17) is 21.3 Å². The van der Waals surface area contributed by atoms with Gasteiger partial charge in [-0.1, -0.05) is 11.6 Å². The van der Waals surface area contributed by atoms with Crippen molar-refractivity contribution in [3.05, 3.63) is 97.1 Å². The molecule has 3 aromatic heterocycles. The minimum Gasteiger partial charge on any atom is -0.369 e. The molecule has 4 heterocycles. The van der Waals surface area contributed by atoms with Crippen LogP contribution in [0.3, 0.4) is 0 Å². The summed E-state index contributed by atoms with van der Waals surface area (Å²) in [5, 5.41) is 0.275. The third-order valence-electron chi connectivity index (χ3n) is 5.90. The molecule has 0 amide bonds. The molecule has 0 fully saturated rings. The first-order valence-corrected chi connectivity index (χ1v) is 11.8. The Kier molecular flexibility index (Phi) is 6.06. The molecule has 1 aliphatic rings. The Morgan fingerprint density at radius 1 is 1.21 bits per heavy atom. The van der Waals surface area contributed by atoms with Crippen LogP contribution in [0.5, 0.6) is 0 Å². The number of benzene rings is 1. The van der Waals surface area contributed by atoms with Gasteiger partial charge in [-0.05, 0) is 83.7 Å². The number of aromatic nitrogens is 4. The highest BCUT2D eigenvalue weighted by Crippen LogP contribution is 2.33. The summed E-state index contributed by atoms with van der Waals surface area (Å²) in [6.45, 7) is 3.96. The predicted octanol–water partition coefficient (Wildman–Crippen LogP) is 5.87. The fraction of sp³-hybridized carbons (Fsp3) is 0.200. The topological polar surface area (TPSA) is 69.4 Å². The molecule has 172 valence electrons. The Morgan fingerprint density at radius 3 is 2.79 bits per heavy atom. The first-order valence-electron chi connectivity index (χ1n) is 10.6. The fourth-order valence-electron chi connectivity index (χ4n) is 3.96. The van der Waals surface area contributed by atoms with E-state index in [-0.39, 0.29) is 27.9 Å². The van der Waals surface area contributed by atoms with E-state index in [2.05, 4.69) is 25.9 Å². The van der Waals surface area contributed by atoms with Gasteiger partial charge in [0.25, 0.3) is 5.56 Å². The average Bonchev–Trinajstić information content (AvgIpc) is 2.82. The molecule has 1 aliphatic heterocycles. The molecule has 0 saturated heterocycles. The molecule has 1 unspecified atom stereocenters. The van der Waals surface area contributed by atoms with Gasteiger partial charge in [-0.3, -0.25) is 9.20 Å². The second kappa shape index (κ2) is 9.02. The van der Waals surface area contributed by atoms with Gasteiger partial charge in [-0.25, -0.2) is 19.3 Å². The van der Waals surface area contributed by atoms with E-state index in [1.165, 1.54) is 10.5 Å². The fourth-order valence-corrected chi connectivity index (χ4v) is 4.51. The number of hydrogen-bond acceptors (Lipinski definition) is 5. The Hall–Kier alpha value is -2.94. The summed E-state index contributed by atoms with van der Waals surface area (Å²) in [5.41, 5.74) is 4.07. The zero-order chi connectivity index (χ0) is 24.0. The maximum absolute atomic E-state index is 15.0. The van der Waals surface area contributed by atoms with Gasteiger partial charge < -0.3 is 4.74 Å². The molecule has 0 saturated carbocycles. The minimum atomic E-state index is -0.535. The summed E-state index contributed by atoms with van der Waals surface area (Å²) in [5.74, 6) is -0.535. The second-order valence-electron chi connectivity index (χ2n) is 8.07. The highest BCUT2D eigenvalue weighted by molar-refractivity contribution is 9.10. The van der Waals surface area contributed by atoms with Crippen LogP contribution in [0.2, 0.25) is 5.02 Å². The molecular formula is C25H19BrClFN4O2. The van der Waals surface area contributed by atoms with Crippen LogP contribution in [-0.4, -0.2) is 26.0 Å². The van der Waals surface area contributed by atoms with Gasteiger partial charge in [0.05, 0.1) is 12.3 Å². The van der Waals surface area contributed by atoms with Crippen LogP contribution in [0.1, 0.15) is 35.0 Å². The Morgan fingerprint density at radius 2 is 2.03 bits per heavy atom. The highest BCUT2D eigenvalue weighted by atomic mass is 79.9. The lowest BCUT2D eigenvalue weighted by Gasteiger charge is -2.23. The van der Waals surface area contributed by atoms with Crippen LogP contribution in [0, 0.1) is 19.7 Å². The van der Waals surface area contributed by atoms with E-state index >= 15 is 0 Å².